The molecule has 282 valence electrons. The van der Waals surface area contributed by atoms with Crippen molar-refractivity contribution in [3.8, 4) is 0 Å². The summed E-state index contributed by atoms with van der Waals surface area (Å²) < 4.78 is 0. The molecule has 0 heterocycles. The van der Waals surface area contributed by atoms with Gasteiger partial charge in [0.05, 0.1) is 31.3 Å². The van der Waals surface area contributed by atoms with Crippen LogP contribution in [0.2, 0.25) is 0 Å². The van der Waals surface area contributed by atoms with Crippen molar-refractivity contribution in [3.05, 3.63) is 0 Å². The Kier molecular flexibility index (Phi) is 37.6. The number of amides is 1. The number of carbonyl (C=O) groups is 1. The predicted octanol–water partition coefficient (Wildman–Crippen LogP) is 11.9. The molecule has 5 heteroatoms. The van der Waals surface area contributed by atoms with Gasteiger partial charge < -0.3 is 20.6 Å². The molecule has 0 aromatic rings. The Labute approximate surface area is 294 Å². The minimum absolute atomic E-state index is 0.0427. The first-order valence-corrected chi connectivity index (χ1v) is 21.3. The molecule has 3 unspecified atom stereocenters. The number of rotatable bonds is 39. The van der Waals surface area contributed by atoms with Crippen molar-refractivity contribution in [1.82, 2.24) is 5.32 Å². The number of aliphatic hydroxyl groups is 3. The third kappa shape index (κ3) is 35.0. The van der Waals surface area contributed by atoms with E-state index in [4.69, 9.17) is 0 Å². The zero-order valence-corrected chi connectivity index (χ0v) is 31.9. The van der Waals surface area contributed by atoms with Crippen molar-refractivity contribution < 1.29 is 20.1 Å². The number of aliphatic hydroxyl groups excluding tert-OH is 3. The van der Waals surface area contributed by atoms with Crippen LogP contribution in [0.1, 0.15) is 239 Å². The van der Waals surface area contributed by atoms with E-state index in [9.17, 15) is 20.1 Å². The van der Waals surface area contributed by atoms with E-state index in [0.717, 1.165) is 25.7 Å². The van der Waals surface area contributed by atoms with Gasteiger partial charge in [0, 0.05) is 0 Å². The number of carbonyl (C=O) groups excluding carboxylic acids is 1. The van der Waals surface area contributed by atoms with Gasteiger partial charge in [-0.15, -0.1) is 0 Å². The Bertz CT molecular complexity index is 615. The van der Waals surface area contributed by atoms with Crippen molar-refractivity contribution >= 4 is 5.91 Å². The highest BCUT2D eigenvalue weighted by molar-refractivity contribution is 5.76. The smallest absolute Gasteiger partial charge is 0.222 e. The summed E-state index contributed by atoms with van der Waals surface area (Å²) in [5, 5.41) is 33.4. The fraction of sp³-hybridized carbons (Fsp3) is 0.976. The minimum atomic E-state index is -0.742. The van der Waals surface area contributed by atoms with E-state index in [0.29, 0.717) is 12.8 Å². The molecule has 4 N–H and O–H groups in total. The van der Waals surface area contributed by atoms with E-state index < -0.39 is 18.2 Å². The largest absolute Gasteiger partial charge is 0.394 e. The molecule has 0 aliphatic carbocycles. The van der Waals surface area contributed by atoms with Crippen LogP contribution in [0.5, 0.6) is 0 Å². The third-order valence-electron chi connectivity index (χ3n) is 10.2. The molecule has 0 aromatic heterocycles. The second-order valence-electron chi connectivity index (χ2n) is 15.0. The average molecular weight is 668 g/mol. The Morgan fingerprint density at radius 3 is 1.02 bits per heavy atom. The summed E-state index contributed by atoms with van der Waals surface area (Å²) in [6.07, 6.45) is 42.0. The number of nitrogens with one attached hydrogen (secondary N) is 1. The van der Waals surface area contributed by atoms with Crippen LogP contribution < -0.4 is 5.32 Å². The fourth-order valence-corrected chi connectivity index (χ4v) is 6.88. The summed E-state index contributed by atoms with van der Waals surface area (Å²) in [6, 6.07) is -0.651. The van der Waals surface area contributed by atoms with Crippen LogP contribution >= 0.6 is 0 Å². The van der Waals surface area contributed by atoms with Gasteiger partial charge in [-0.05, 0) is 12.8 Å². The van der Waals surface area contributed by atoms with Crippen LogP contribution in [0, 0.1) is 0 Å². The van der Waals surface area contributed by atoms with Gasteiger partial charge in [0.15, 0.2) is 0 Å². The Morgan fingerprint density at radius 2 is 0.723 bits per heavy atom. The standard InChI is InChI=1S/C42H85NO4/c1-3-5-7-9-11-13-15-17-19-20-22-23-25-27-29-31-33-35-39(45)37-42(47)43-40(38-44)41(46)36-34-32-30-28-26-24-21-18-16-14-12-10-8-6-4-2/h39-41,44-46H,3-38H2,1-2H3,(H,43,47). The molecule has 0 saturated heterocycles. The highest BCUT2D eigenvalue weighted by Crippen LogP contribution is 2.17. The normalized spacial score (nSPS) is 13.6. The summed E-state index contributed by atoms with van der Waals surface area (Å²) in [5.41, 5.74) is 0. The Hall–Kier alpha value is -0.650. The molecule has 5 nitrogen and oxygen atoms in total. The van der Waals surface area contributed by atoms with Crippen molar-refractivity contribution in [2.75, 3.05) is 6.61 Å². The highest BCUT2D eigenvalue weighted by atomic mass is 16.3. The van der Waals surface area contributed by atoms with Gasteiger partial charge in [-0.2, -0.15) is 0 Å². The monoisotopic (exact) mass is 668 g/mol. The van der Waals surface area contributed by atoms with Crippen LogP contribution in [0.4, 0.5) is 0 Å². The van der Waals surface area contributed by atoms with Crippen LogP contribution in [0.3, 0.4) is 0 Å². The topological polar surface area (TPSA) is 89.8 Å². The molecule has 1 amide bonds. The Morgan fingerprint density at radius 1 is 0.447 bits per heavy atom. The van der Waals surface area contributed by atoms with E-state index in [1.165, 1.54) is 180 Å². The van der Waals surface area contributed by atoms with Gasteiger partial charge in [-0.25, -0.2) is 0 Å². The maximum atomic E-state index is 12.4. The molecule has 47 heavy (non-hydrogen) atoms. The summed E-state index contributed by atoms with van der Waals surface area (Å²) in [5.74, 6) is -0.279. The molecule has 0 bridgehead atoms. The zero-order valence-electron chi connectivity index (χ0n) is 31.9. The van der Waals surface area contributed by atoms with E-state index >= 15 is 0 Å². The molecular weight excluding hydrogens is 582 g/mol. The SMILES string of the molecule is CCCCCCCCCCCCCCCCCCCC(O)CC(=O)NC(CO)C(O)CCCCCCCCCCCCCCCCC. The molecule has 0 fully saturated rings. The molecule has 0 aromatic carbocycles. The maximum Gasteiger partial charge on any atom is 0.222 e. The number of hydrogen-bond donors (Lipinski definition) is 4. The maximum absolute atomic E-state index is 12.4. The molecule has 0 radical (unpaired) electrons. The molecular formula is C42H85NO4. The van der Waals surface area contributed by atoms with E-state index in [1.807, 2.05) is 0 Å². The van der Waals surface area contributed by atoms with Gasteiger partial charge in [-0.3, -0.25) is 4.79 Å². The van der Waals surface area contributed by atoms with Crippen LogP contribution in [0.15, 0.2) is 0 Å². The van der Waals surface area contributed by atoms with Gasteiger partial charge in [0.1, 0.15) is 0 Å². The molecule has 0 aliphatic rings. The van der Waals surface area contributed by atoms with E-state index in [-0.39, 0.29) is 18.9 Å². The molecule has 0 saturated carbocycles. The van der Waals surface area contributed by atoms with Crippen molar-refractivity contribution in [2.24, 2.45) is 0 Å². The second kappa shape index (κ2) is 38.2. The van der Waals surface area contributed by atoms with Crippen molar-refractivity contribution in [2.45, 2.75) is 257 Å². The van der Waals surface area contributed by atoms with Gasteiger partial charge in [0.2, 0.25) is 5.91 Å². The minimum Gasteiger partial charge on any atom is -0.394 e. The van der Waals surface area contributed by atoms with Gasteiger partial charge in [-0.1, -0.05) is 219 Å². The highest BCUT2D eigenvalue weighted by Gasteiger charge is 2.21. The average Bonchev–Trinajstić information content (AvgIpc) is 3.06. The second-order valence-corrected chi connectivity index (χ2v) is 15.0. The first kappa shape index (κ1) is 46.4. The summed E-state index contributed by atoms with van der Waals surface area (Å²) >= 11 is 0. The lowest BCUT2D eigenvalue weighted by Crippen LogP contribution is -2.46. The van der Waals surface area contributed by atoms with Crippen LogP contribution in [0.25, 0.3) is 0 Å². The molecule has 0 spiro atoms. The molecule has 0 aliphatic heterocycles. The summed E-state index contributed by atoms with van der Waals surface area (Å²) in [4.78, 5) is 12.4. The summed E-state index contributed by atoms with van der Waals surface area (Å²) in [6.45, 7) is 4.28. The molecule has 0 rings (SSSR count). The van der Waals surface area contributed by atoms with E-state index in [1.54, 1.807) is 0 Å². The number of unbranched alkanes of at least 4 members (excludes halogenated alkanes) is 30. The van der Waals surface area contributed by atoms with Crippen LogP contribution in [-0.4, -0.2) is 46.1 Å². The zero-order chi connectivity index (χ0) is 34.5. The van der Waals surface area contributed by atoms with E-state index in [2.05, 4.69) is 19.2 Å². The lowest BCUT2D eigenvalue weighted by Gasteiger charge is -2.23. The van der Waals surface area contributed by atoms with Crippen molar-refractivity contribution in [1.29, 1.82) is 0 Å². The first-order valence-electron chi connectivity index (χ1n) is 21.3. The Balaban J connectivity index is 3.59. The van der Waals surface area contributed by atoms with Gasteiger partial charge >= 0.3 is 0 Å². The third-order valence-corrected chi connectivity index (χ3v) is 10.2. The van der Waals surface area contributed by atoms with Crippen molar-refractivity contribution in [3.63, 3.8) is 0 Å². The lowest BCUT2D eigenvalue weighted by molar-refractivity contribution is -0.125. The predicted molar refractivity (Wildman–Crippen MR) is 204 cm³/mol. The quantitative estimate of drug-likeness (QED) is 0.0491. The lowest BCUT2D eigenvalue weighted by atomic mass is 10.0. The van der Waals surface area contributed by atoms with Crippen LogP contribution in [-0.2, 0) is 4.79 Å². The first-order chi connectivity index (χ1) is 23.0. The summed E-state index contributed by atoms with van der Waals surface area (Å²) in [7, 11) is 0. The molecule has 3 atom stereocenters. The fourth-order valence-electron chi connectivity index (χ4n) is 6.88. The van der Waals surface area contributed by atoms with Gasteiger partial charge in [0.25, 0.3) is 0 Å². The number of hydrogen-bond acceptors (Lipinski definition) is 4.